The maximum Gasteiger partial charge on any atom is 0.186 e. The normalized spacial score (nSPS) is 10.4. The van der Waals surface area contributed by atoms with Gasteiger partial charge >= 0.3 is 0 Å². The van der Waals surface area contributed by atoms with E-state index in [1.807, 2.05) is 31.1 Å². The molecule has 0 aliphatic heterocycles. The first kappa shape index (κ1) is 12.8. The van der Waals surface area contributed by atoms with Crippen molar-refractivity contribution in [2.75, 3.05) is 19.0 Å². The fraction of sp³-hybridized carbons (Fsp3) is 0.286. The van der Waals surface area contributed by atoms with E-state index in [9.17, 15) is 4.79 Å². The molecule has 0 spiro atoms. The van der Waals surface area contributed by atoms with E-state index in [1.54, 1.807) is 0 Å². The van der Waals surface area contributed by atoms with Crippen LogP contribution in [0.1, 0.15) is 22.2 Å². The van der Waals surface area contributed by atoms with Crippen LogP contribution >= 0.6 is 11.3 Å². The molecule has 0 radical (unpaired) electrons. The lowest BCUT2D eigenvalue weighted by Crippen LogP contribution is -2.07. The minimum atomic E-state index is 0.683. The van der Waals surface area contributed by atoms with Crippen molar-refractivity contribution in [1.29, 1.82) is 0 Å². The number of benzene rings is 1. The van der Waals surface area contributed by atoms with Crippen LogP contribution in [-0.2, 0) is 6.42 Å². The average Bonchev–Trinajstić information content (AvgIpc) is 2.83. The lowest BCUT2D eigenvalue weighted by molar-refractivity contribution is 0.112. The molecule has 0 bridgehead atoms. The van der Waals surface area contributed by atoms with E-state index in [2.05, 4.69) is 24.0 Å². The molecule has 18 heavy (non-hydrogen) atoms. The summed E-state index contributed by atoms with van der Waals surface area (Å²) in [6, 6.07) is 8.22. The molecule has 94 valence electrons. The maximum atomic E-state index is 11.1. The quantitative estimate of drug-likeness (QED) is 0.791. The summed E-state index contributed by atoms with van der Waals surface area (Å²) >= 11 is 1.42. The minimum absolute atomic E-state index is 0.683. The zero-order valence-electron chi connectivity index (χ0n) is 10.8. The number of aryl methyl sites for hydroxylation is 1. The van der Waals surface area contributed by atoms with Crippen molar-refractivity contribution in [2.24, 2.45) is 0 Å². The second-order valence-corrected chi connectivity index (χ2v) is 5.28. The molecule has 0 aliphatic carbocycles. The highest BCUT2D eigenvalue weighted by Gasteiger charge is 2.13. The molecular formula is C14H16N2OS. The van der Waals surface area contributed by atoms with Gasteiger partial charge in [0, 0.05) is 19.7 Å². The third-order valence-electron chi connectivity index (χ3n) is 2.77. The van der Waals surface area contributed by atoms with E-state index in [4.69, 9.17) is 0 Å². The molecule has 1 aromatic carbocycles. The van der Waals surface area contributed by atoms with Gasteiger partial charge in [-0.15, -0.1) is 0 Å². The Hall–Kier alpha value is -1.68. The zero-order valence-corrected chi connectivity index (χ0v) is 11.6. The van der Waals surface area contributed by atoms with Crippen molar-refractivity contribution in [3.05, 3.63) is 34.7 Å². The number of aromatic nitrogens is 1. The van der Waals surface area contributed by atoms with Gasteiger partial charge in [-0.2, -0.15) is 0 Å². The second kappa shape index (κ2) is 5.31. The van der Waals surface area contributed by atoms with Crippen molar-refractivity contribution in [2.45, 2.75) is 13.3 Å². The summed E-state index contributed by atoms with van der Waals surface area (Å²) < 4.78 is 0. The average molecular weight is 260 g/mol. The number of nitrogens with zero attached hydrogens (tertiary/aromatic N) is 2. The first-order valence-electron chi connectivity index (χ1n) is 5.88. The monoisotopic (exact) mass is 260 g/mol. The standard InChI is InChI=1S/C14H16N2OS/c1-4-10-5-7-11(8-6-10)13-12(9-17)18-14(15-13)16(2)3/h5-9H,4H2,1-3H3. The Morgan fingerprint density at radius 1 is 1.28 bits per heavy atom. The van der Waals surface area contributed by atoms with Crippen LogP contribution in [0, 0.1) is 0 Å². The van der Waals surface area contributed by atoms with Gasteiger partial charge in [-0.3, -0.25) is 4.79 Å². The predicted molar refractivity (Wildman–Crippen MR) is 76.6 cm³/mol. The smallest absolute Gasteiger partial charge is 0.186 e. The molecule has 1 heterocycles. The molecule has 0 unspecified atom stereocenters. The SMILES string of the molecule is CCc1ccc(-c2nc(N(C)C)sc2C=O)cc1. The van der Waals surface area contributed by atoms with Crippen molar-refractivity contribution >= 4 is 22.8 Å². The van der Waals surface area contributed by atoms with Crippen molar-refractivity contribution < 1.29 is 4.79 Å². The summed E-state index contributed by atoms with van der Waals surface area (Å²) in [5.41, 5.74) is 3.06. The molecule has 0 aliphatic rings. The van der Waals surface area contributed by atoms with E-state index >= 15 is 0 Å². The number of hydrogen-bond donors (Lipinski definition) is 0. The van der Waals surface area contributed by atoms with Gasteiger partial charge in [0.1, 0.15) is 0 Å². The molecule has 0 saturated carbocycles. The van der Waals surface area contributed by atoms with Crippen LogP contribution in [0.2, 0.25) is 0 Å². The molecule has 4 heteroatoms. The molecule has 1 aromatic heterocycles. The van der Waals surface area contributed by atoms with Crippen LogP contribution < -0.4 is 4.90 Å². The first-order valence-corrected chi connectivity index (χ1v) is 6.70. The fourth-order valence-electron chi connectivity index (χ4n) is 1.70. The fourth-order valence-corrected chi connectivity index (χ4v) is 2.52. The Kier molecular flexibility index (Phi) is 3.77. The summed E-state index contributed by atoms with van der Waals surface area (Å²) in [6.45, 7) is 2.12. The van der Waals surface area contributed by atoms with Gasteiger partial charge in [-0.1, -0.05) is 42.5 Å². The Bertz CT molecular complexity index is 543. The van der Waals surface area contributed by atoms with Gasteiger partial charge in [0.15, 0.2) is 11.4 Å². The van der Waals surface area contributed by atoms with Gasteiger partial charge < -0.3 is 4.90 Å². The molecule has 2 aromatic rings. The predicted octanol–water partition coefficient (Wildman–Crippen LogP) is 3.25. The number of aldehydes is 1. The van der Waals surface area contributed by atoms with Crippen LogP contribution in [0.25, 0.3) is 11.3 Å². The highest BCUT2D eigenvalue weighted by Crippen LogP contribution is 2.31. The molecule has 2 rings (SSSR count). The largest absolute Gasteiger partial charge is 0.354 e. The number of thiazole rings is 1. The van der Waals surface area contributed by atoms with Crippen molar-refractivity contribution in [3.63, 3.8) is 0 Å². The molecule has 0 fully saturated rings. The highest BCUT2D eigenvalue weighted by molar-refractivity contribution is 7.17. The van der Waals surface area contributed by atoms with Gasteiger partial charge in [0.05, 0.1) is 10.6 Å². The van der Waals surface area contributed by atoms with Crippen LogP contribution in [0.4, 0.5) is 5.13 Å². The van der Waals surface area contributed by atoms with Crippen LogP contribution in [0.3, 0.4) is 0 Å². The Morgan fingerprint density at radius 2 is 1.94 bits per heavy atom. The van der Waals surface area contributed by atoms with E-state index in [1.165, 1.54) is 16.9 Å². The first-order chi connectivity index (χ1) is 8.65. The number of rotatable bonds is 4. The lowest BCUT2D eigenvalue weighted by Gasteiger charge is -2.05. The Morgan fingerprint density at radius 3 is 2.44 bits per heavy atom. The van der Waals surface area contributed by atoms with E-state index in [0.29, 0.717) is 4.88 Å². The maximum absolute atomic E-state index is 11.1. The van der Waals surface area contributed by atoms with Gasteiger partial charge in [-0.25, -0.2) is 4.98 Å². The topological polar surface area (TPSA) is 33.2 Å². The second-order valence-electron chi connectivity index (χ2n) is 4.27. The van der Waals surface area contributed by atoms with E-state index in [-0.39, 0.29) is 0 Å². The van der Waals surface area contributed by atoms with Crippen LogP contribution in [-0.4, -0.2) is 25.4 Å². The Labute approximate surface area is 111 Å². The number of hydrogen-bond acceptors (Lipinski definition) is 4. The lowest BCUT2D eigenvalue weighted by atomic mass is 10.1. The molecular weight excluding hydrogens is 244 g/mol. The third-order valence-corrected chi connectivity index (χ3v) is 3.92. The Balaban J connectivity index is 2.44. The molecule has 0 atom stereocenters. The van der Waals surface area contributed by atoms with Gasteiger partial charge in [0.2, 0.25) is 0 Å². The molecule has 0 saturated heterocycles. The van der Waals surface area contributed by atoms with Crippen molar-refractivity contribution in [3.8, 4) is 11.3 Å². The summed E-state index contributed by atoms with van der Waals surface area (Å²) in [6.07, 6.45) is 1.90. The molecule has 0 amide bonds. The van der Waals surface area contributed by atoms with E-state index in [0.717, 1.165) is 29.1 Å². The van der Waals surface area contributed by atoms with E-state index < -0.39 is 0 Å². The minimum Gasteiger partial charge on any atom is -0.354 e. The van der Waals surface area contributed by atoms with Gasteiger partial charge in [0.25, 0.3) is 0 Å². The summed E-state index contributed by atoms with van der Waals surface area (Å²) in [7, 11) is 3.86. The van der Waals surface area contributed by atoms with Crippen LogP contribution in [0.15, 0.2) is 24.3 Å². The summed E-state index contributed by atoms with van der Waals surface area (Å²) in [5.74, 6) is 0. The summed E-state index contributed by atoms with van der Waals surface area (Å²) in [5, 5.41) is 0.853. The number of anilines is 1. The molecule has 0 N–H and O–H groups in total. The third kappa shape index (κ3) is 2.43. The number of carbonyl (C=O) groups is 1. The zero-order chi connectivity index (χ0) is 13.1. The van der Waals surface area contributed by atoms with Gasteiger partial charge in [-0.05, 0) is 12.0 Å². The molecule has 3 nitrogen and oxygen atoms in total. The summed E-state index contributed by atoms with van der Waals surface area (Å²) in [4.78, 5) is 18.2. The number of carbonyl (C=O) groups excluding carboxylic acids is 1. The van der Waals surface area contributed by atoms with Crippen molar-refractivity contribution in [1.82, 2.24) is 4.98 Å². The van der Waals surface area contributed by atoms with Crippen LogP contribution in [0.5, 0.6) is 0 Å². The highest BCUT2D eigenvalue weighted by atomic mass is 32.1.